The predicted molar refractivity (Wildman–Crippen MR) is 75.0 cm³/mol. The molecule has 84 valence electrons. The molecule has 0 aliphatic heterocycles. The molecule has 0 heterocycles. The molecule has 0 fully saturated rings. The van der Waals surface area contributed by atoms with Crippen LogP contribution >= 0.6 is 0 Å². The van der Waals surface area contributed by atoms with Crippen LogP contribution < -0.4 is 0 Å². The van der Waals surface area contributed by atoms with Gasteiger partial charge in [0.15, 0.2) is 0 Å². The molecular formula is C15H14N2. The van der Waals surface area contributed by atoms with Gasteiger partial charge in [-0.2, -0.15) is 0 Å². The molecule has 0 N–H and O–H groups in total. The Hall–Kier alpha value is -2.22. The van der Waals surface area contributed by atoms with Crippen molar-refractivity contribution in [2.24, 2.45) is 9.98 Å². The van der Waals surface area contributed by atoms with Crippen molar-refractivity contribution in [1.29, 1.82) is 0 Å². The van der Waals surface area contributed by atoms with Crippen molar-refractivity contribution in [3.05, 3.63) is 48.0 Å². The normalized spacial score (nSPS) is 9.94. The minimum absolute atomic E-state index is 0.760. The minimum atomic E-state index is 0.760. The SMILES string of the molecule is C=Nc1ccc(-c2ccc(C)cc2)cc1N=C. The Morgan fingerprint density at radius 3 is 1.94 bits per heavy atom. The lowest BCUT2D eigenvalue weighted by Gasteiger charge is -2.05. The van der Waals surface area contributed by atoms with Crippen molar-refractivity contribution < 1.29 is 0 Å². The Bertz CT molecular complexity index is 554. The van der Waals surface area contributed by atoms with Gasteiger partial charge in [0.05, 0.1) is 11.4 Å². The van der Waals surface area contributed by atoms with Crippen molar-refractivity contribution in [3.8, 4) is 11.1 Å². The zero-order valence-electron chi connectivity index (χ0n) is 9.85. The number of aliphatic imine (C=N–C) groups is 2. The summed E-state index contributed by atoms with van der Waals surface area (Å²) in [6.07, 6.45) is 0. The largest absolute Gasteiger partial charge is 0.262 e. The van der Waals surface area contributed by atoms with Crippen molar-refractivity contribution >= 4 is 24.8 Å². The summed E-state index contributed by atoms with van der Waals surface area (Å²) in [5, 5.41) is 0. The zero-order chi connectivity index (χ0) is 12.3. The molecule has 0 aliphatic rings. The van der Waals surface area contributed by atoms with Gasteiger partial charge in [-0.05, 0) is 43.6 Å². The molecule has 0 spiro atoms. The molecule has 17 heavy (non-hydrogen) atoms. The van der Waals surface area contributed by atoms with Gasteiger partial charge in [-0.3, -0.25) is 9.98 Å². The van der Waals surface area contributed by atoms with Crippen LogP contribution in [0.15, 0.2) is 52.4 Å². The predicted octanol–water partition coefficient (Wildman–Crippen LogP) is 4.33. The Morgan fingerprint density at radius 2 is 1.35 bits per heavy atom. The highest BCUT2D eigenvalue weighted by molar-refractivity contribution is 5.76. The third kappa shape index (κ3) is 2.31. The average Bonchev–Trinajstić information content (AvgIpc) is 2.39. The molecule has 0 saturated heterocycles. The van der Waals surface area contributed by atoms with Gasteiger partial charge in [-0.1, -0.05) is 35.9 Å². The van der Waals surface area contributed by atoms with E-state index in [1.165, 1.54) is 5.56 Å². The Balaban J connectivity index is 2.49. The number of aryl methyl sites for hydroxylation is 1. The smallest absolute Gasteiger partial charge is 0.0884 e. The summed E-state index contributed by atoms with van der Waals surface area (Å²) in [5.41, 5.74) is 5.05. The third-order valence-corrected chi connectivity index (χ3v) is 2.70. The zero-order valence-corrected chi connectivity index (χ0v) is 9.85. The molecule has 0 atom stereocenters. The van der Waals surface area contributed by atoms with Gasteiger partial charge in [0.1, 0.15) is 0 Å². The topological polar surface area (TPSA) is 24.7 Å². The summed E-state index contributed by atoms with van der Waals surface area (Å²) < 4.78 is 0. The van der Waals surface area contributed by atoms with Crippen LogP contribution in [-0.2, 0) is 0 Å². The molecule has 2 aromatic carbocycles. The number of benzene rings is 2. The van der Waals surface area contributed by atoms with Crippen LogP contribution in [-0.4, -0.2) is 13.4 Å². The second-order valence-electron chi connectivity index (χ2n) is 3.89. The van der Waals surface area contributed by atoms with Gasteiger partial charge >= 0.3 is 0 Å². The maximum Gasteiger partial charge on any atom is 0.0884 e. The van der Waals surface area contributed by atoms with E-state index >= 15 is 0 Å². The van der Waals surface area contributed by atoms with Gasteiger partial charge in [-0.25, -0.2) is 0 Å². The maximum atomic E-state index is 3.96. The lowest BCUT2D eigenvalue weighted by atomic mass is 10.0. The standard InChI is InChI=1S/C15H14N2/c1-11-4-6-12(7-5-11)13-8-9-14(16-2)15(10-13)17-3/h4-10H,2-3H2,1H3. The van der Waals surface area contributed by atoms with Crippen molar-refractivity contribution in [2.75, 3.05) is 0 Å². The van der Waals surface area contributed by atoms with Gasteiger partial charge in [-0.15, -0.1) is 0 Å². The average molecular weight is 222 g/mol. The molecule has 0 bridgehead atoms. The van der Waals surface area contributed by atoms with E-state index in [2.05, 4.69) is 54.6 Å². The fraction of sp³-hybridized carbons (Fsp3) is 0.0667. The first-order valence-corrected chi connectivity index (χ1v) is 5.39. The van der Waals surface area contributed by atoms with E-state index in [9.17, 15) is 0 Å². The summed E-state index contributed by atoms with van der Waals surface area (Å²) in [5.74, 6) is 0. The molecule has 2 rings (SSSR count). The Morgan fingerprint density at radius 1 is 0.765 bits per heavy atom. The van der Waals surface area contributed by atoms with Crippen LogP contribution in [0.4, 0.5) is 11.4 Å². The van der Waals surface area contributed by atoms with Gasteiger partial charge in [0.2, 0.25) is 0 Å². The monoisotopic (exact) mass is 222 g/mol. The van der Waals surface area contributed by atoms with Gasteiger partial charge in [0.25, 0.3) is 0 Å². The molecule has 0 unspecified atom stereocenters. The summed E-state index contributed by atoms with van der Waals surface area (Å²) in [4.78, 5) is 7.87. The molecule has 0 saturated carbocycles. The van der Waals surface area contributed by atoms with E-state index in [0.717, 1.165) is 22.5 Å². The molecule has 0 amide bonds. The van der Waals surface area contributed by atoms with E-state index < -0.39 is 0 Å². The summed E-state index contributed by atoms with van der Waals surface area (Å²) >= 11 is 0. The molecule has 0 radical (unpaired) electrons. The highest BCUT2D eigenvalue weighted by atomic mass is 14.8. The molecule has 2 heteroatoms. The van der Waals surface area contributed by atoms with E-state index in [-0.39, 0.29) is 0 Å². The molecule has 0 aromatic heterocycles. The van der Waals surface area contributed by atoms with Crippen molar-refractivity contribution in [3.63, 3.8) is 0 Å². The van der Waals surface area contributed by atoms with Gasteiger partial charge < -0.3 is 0 Å². The second kappa shape index (κ2) is 4.74. The first-order chi connectivity index (χ1) is 8.24. The number of nitrogens with zero attached hydrogens (tertiary/aromatic N) is 2. The maximum absolute atomic E-state index is 3.96. The van der Waals surface area contributed by atoms with E-state index in [1.807, 2.05) is 18.2 Å². The summed E-state index contributed by atoms with van der Waals surface area (Å²) in [6.45, 7) is 9.14. The molecule has 2 aromatic rings. The van der Waals surface area contributed by atoms with Crippen molar-refractivity contribution in [1.82, 2.24) is 0 Å². The van der Waals surface area contributed by atoms with Crippen LogP contribution in [0.5, 0.6) is 0 Å². The van der Waals surface area contributed by atoms with Crippen LogP contribution in [0.2, 0.25) is 0 Å². The van der Waals surface area contributed by atoms with Crippen LogP contribution in [0.25, 0.3) is 11.1 Å². The second-order valence-corrected chi connectivity index (χ2v) is 3.89. The fourth-order valence-electron chi connectivity index (χ4n) is 1.71. The van der Waals surface area contributed by atoms with E-state index in [0.29, 0.717) is 0 Å². The first kappa shape index (κ1) is 11.3. The van der Waals surface area contributed by atoms with Crippen LogP contribution in [0.3, 0.4) is 0 Å². The van der Waals surface area contributed by atoms with Crippen molar-refractivity contribution in [2.45, 2.75) is 6.92 Å². The Kier molecular flexibility index (Phi) is 3.15. The van der Waals surface area contributed by atoms with Gasteiger partial charge in [0, 0.05) is 0 Å². The fourth-order valence-corrected chi connectivity index (χ4v) is 1.71. The minimum Gasteiger partial charge on any atom is -0.262 e. The molecule has 0 aliphatic carbocycles. The molecule has 2 nitrogen and oxygen atoms in total. The number of hydrogen-bond acceptors (Lipinski definition) is 2. The first-order valence-electron chi connectivity index (χ1n) is 5.39. The highest BCUT2D eigenvalue weighted by Gasteiger charge is 2.02. The lowest BCUT2D eigenvalue weighted by Crippen LogP contribution is -1.79. The number of hydrogen-bond donors (Lipinski definition) is 0. The Labute approximate surface area is 101 Å². The molecular weight excluding hydrogens is 208 g/mol. The third-order valence-electron chi connectivity index (χ3n) is 2.70. The quantitative estimate of drug-likeness (QED) is 0.691. The van der Waals surface area contributed by atoms with E-state index in [4.69, 9.17) is 0 Å². The highest BCUT2D eigenvalue weighted by Crippen LogP contribution is 2.32. The van der Waals surface area contributed by atoms with E-state index in [1.54, 1.807) is 0 Å². The number of rotatable bonds is 3. The summed E-state index contributed by atoms with van der Waals surface area (Å²) in [6, 6.07) is 14.3. The van der Waals surface area contributed by atoms with Crippen LogP contribution in [0.1, 0.15) is 5.56 Å². The lowest BCUT2D eigenvalue weighted by molar-refractivity contribution is 1.45. The van der Waals surface area contributed by atoms with Crippen LogP contribution in [0, 0.1) is 6.92 Å². The summed E-state index contributed by atoms with van der Waals surface area (Å²) in [7, 11) is 0.